The molecule has 0 aromatic heterocycles. The summed E-state index contributed by atoms with van der Waals surface area (Å²) in [7, 11) is -3.54. The summed E-state index contributed by atoms with van der Waals surface area (Å²) in [5, 5.41) is 0. The van der Waals surface area contributed by atoms with Gasteiger partial charge in [0.15, 0.2) is 0 Å². The molecular formula is C13H21BrN2O2S2. The number of sulfonamides is 1. The van der Waals surface area contributed by atoms with Crippen LogP contribution in [0.3, 0.4) is 0 Å². The summed E-state index contributed by atoms with van der Waals surface area (Å²) in [6, 6.07) is 3.48. The van der Waals surface area contributed by atoms with Crippen molar-refractivity contribution < 1.29 is 8.42 Å². The SMILES string of the molecule is CSC(C)(C)CNS(=O)(=O)c1cc(CN)cc(Br)c1C. The standard InChI is InChI=1S/C13H21BrN2O2S2/c1-9-11(14)5-10(7-15)6-12(9)20(17,18)16-8-13(2,3)19-4/h5-6,16H,7-8,15H2,1-4H3. The molecule has 20 heavy (non-hydrogen) atoms. The largest absolute Gasteiger partial charge is 0.326 e. The second-order valence-electron chi connectivity index (χ2n) is 5.19. The lowest BCUT2D eigenvalue weighted by molar-refractivity contribution is 0.570. The first-order valence-electron chi connectivity index (χ1n) is 6.17. The van der Waals surface area contributed by atoms with Crippen molar-refractivity contribution in [2.24, 2.45) is 5.73 Å². The van der Waals surface area contributed by atoms with Crippen LogP contribution in [0.4, 0.5) is 0 Å². The molecule has 1 aromatic rings. The predicted octanol–water partition coefficient (Wildman–Crippen LogP) is 2.64. The first-order chi connectivity index (χ1) is 9.13. The van der Waals surface area contributed by atoms with Gasteiger partial charge in [-0.05, 0) is 50.3 Å². The maximum absolute atomic E-state index is 12.5. The molecule has 3 N–H and O–H groups in total. The van der Waals surface area contributed by atoms with Gasteiger partial charge in [0.05, 0.1) is 4.90 Å². The second-order valence-corrected chi connectivity index (χ2v) is 9.30. The van der Waals surface area contributed by atoms with Gasteiger partial charge < -0.3 is 5.73 Å². The number of benzene rings is 1. The van der Waals surface area contributed by atoms with E-state index in [0.29, 0.717) is 18.7 Å². The quantitative estimate of drug-likeness (QED) is 0.795. The third kappa shape index (κ3) is 4.46. The van der Waals surface area contributed by atoms with Crippen LogP contribution in [0.1, 0.15) is 25.0 Å². The highest BCUT2D eigenvalue weighted by Crippen LogP contribution is 2.26. The molecule has 7 heteroatoms. The van der Waals surface area contributed by atoms with Crippen LogP contribution in [0.5, 0.6) is 0 Å². The fourth-order valence-corrected chi connectivity index (χ4v) is 4.00. The number of rotatable bonds is 6. The number of thioether (sulfide) groups is 1. The number of nitrogens with two attached hydrogens (primary N) is 1. The van der Waals surface area contributed by atoms with Crippen molar-refractivity contribution in [3.05, 3.63) is 27.7 Å². The van der Waals surface area contributed by atoms with Gasteiger partial charge in [0.1, 0.15) is 0 Å². The highest BCUT2D eigenvalue weighted by atomic mass is 79.9. The highest BCUT2D eigenvalue weighted by Gasteiger charge is 2.23. The molecule has 0 radical (unpaired) electrons. The van der Waals surface area contributed by atoms with Crippen molar-refractivity contribution in [2.45, 2.75) is 37.0 Å². The van der Waals surface area contributed by atoms with E-state index in [2.05, 4.69) is 20.7 Å². The van der Waals surface area contributed by atoms with Crippen LogP contribution in [-0.4, -0.2) is 26.0 Å². The molecule has 0 saturated heterocycles. The van der Waals surface area contributed by atoms with Gasteiger partial charge in [-0.1, -0.05) is 15.9 Å². The Morgan fingerprint density at radius 1 is 1.40 bits per heavy atom. The van der Waals surface area contributed by atoms with E-state index < -0.39 is 10.0 Å². The molecule has 0 atom stereocenters. The minimum Gasteiger partial charge on any atom is -0.326 e. The van der Waals surface area contributed by atoms with Crippen molar-refractivity contribution in [3.63, 3.8) is 0 Å². The lowest BCUT2D eigenvalue weighted by Gasteiger charge is -2.22. The fourth-order valence-electron chi connectivity index (χ4n) is 1.52. The van der Waals surface area contributed by atoms with E-state index >= 15 is 0 Å². The zero-order chi connectivity index (χ0) is 15.6. The number of hydrogen-bond donors (Lipinski definition) is 2. The molecule has 0 aliphatic rings. The first-order valence-corrected chi connectivity index (χ1v) is 9.67. The maximum Gasteiger partial charge on any atom is 0.240 e. The zero-order valence-electron chi connectivity index (χ0n) is 12.2. The topological polar surface area (TPSA) is 72.2 Å². The first kappa shape index (κ1) is 18.0. The molecule has 4 nitrogen and oxygen atoms in total. The van der Waals surface area contributed by atoms with Crippen LogP contribution >= 0.6 is 27.7 Å². The number of hydrogen-bond acceptors (Lipinski definition) is 4. The Labute approximate surface area is 134 Å². The molecule has 0 heterocycles. The van der Waals surface area contributed by atoms with Crippen molar-refractivity contribution in [1.82, 2.24) is 4.72 Å². The van der Waals surface area contributed by atoms with Gasteiger partial charge in [-0.25, -0.2) is 13.1 Å². The van der Waals surface area contributed by atoms with Crippen molar-refractivity contribution in [3.8, 4) is 0 Å². The number of halogens is 1. The van der Waals surface area contributed by atoms with Gasteiger partial charge in [-0.15, -0.1) is 0 Å². The van der Waals surface area contributed by atoms with Crippen molar-refractivity contribution >= 4 is 37.7 Å². The molecule has 0 fully saturated rings. The minimum absolute atomic E-state index is 0.149. The maximum atomic E-state index is 12.5. The van der Waals surface area contributed by atoms with E-state index in [9.17, 15) is 8.42 Å². The molecule has 0 aliphatic heterocycles. The van der Waals surface area contributed by atoms with Gasteiger partial charge in [-0.2, -0.15) is 11.8 Å². The van der Waals surface area contributed by atoms with Crippen LogP contribution in [0.2, 0.25) is 0 Å². The monoisotopic (exact) mass is 380 g/mol. The Balaban J connectivity index is 3.13. The highest BCUT2D eigenvalue weighted by molar-refractivity contribution is 9.10. The lowest BCUT2D eigenvalue weighted by Crippen LogP contribution is -2.36. The summed E-state index contributed by atoms with van der Waals surface area (Å²) in [5.41, 5.74) is 7.08. The molecule has 0 bridgehead atoms. The molecule has 1 aromatic carbocycles. The minimum atomic E-state index is -3.54. The molecule has 1 rings (SSSR count). The van der Waals surface area contributed by atoms with Gasteiger partial charge in [0.2, 0.25) is 10.0 Å². The van der Waals surface area contributed by atoms with Crippen LogP contribution < -0.4 is 10.5 Å². The molecule has 0 aliphatic carbocycles. The Morgan fingerprint density at radius 2 is 2.00 bits per heavy atom. The van der Waals surface area contributed by atoms with E-state index in [1.807, 2.05) is 26.2 Å². The average molecular weight is 381 g/mol. The molecule has 0 saturated carbocycles. The Hall–Kier alpha value is -0.0800. The van der Waals surface area contributed by atoms with Gasteiger partial charge >= 0.3 is 0 Å². The third-order valence-electron chi connectivity index (χ3n) is 3.12. The smallest absolute Gasteiger partial charge is 0.240 e. The lowest BCUT2D eigenvalue weighted by atomic mass is 10.1. The Kier molecular flexibility index (Phi) is 6.10. The average Bonchev–Trinajstić information content (AvgIpc) is 2.39. The van der Waals surface area contributed by atoms with E-state index in [-0.39, 0.29) is 9.64 Å². The van der Waals surface area contributed by atoms with E-state index in [1.54, 1.807) is 24.8 Å². The summed E-state index contributed by atoms with van der Waals surface area (Å²) in [6.45, 7) is 6.45. The number of nitrogens with one attached hydrogen (secondary N) is 1. The third-order valence-corrected chi connectivity index (χ3v) is 6.72. The van der Waals surface area contributed by atoms with Gasteiger partial charge in [0, 0.05) is 22.3 Å². The predicted molar refractivity (Wildman–Crippen MR) is 89.6 cm³/mol. The van der Waals surface area contributed by atoms with Gasteiger partial charge in [-0.3, -0.25) is 0 Å². The summed E-state index contributed by atoms with van der Waals surface area (Å²) in [5.74, 6) is 0. The molecule has 0 spiro atoms. The van der Waals surface area contributed by atoms with Crippen LogP contribution in [-0.2, 0) is 16.6 Å². The normalized spacial score (nSPS) is 12.7. The zero-order valence-corrected chi connectivity index (χ0v) is 15.4. The molecular weight excluding hydrogens is 360 g/mol. The van der Waals surface area contributed by atoms with Crippen LogP contribution in [0.25, 0.3) is 0 Å². The van der Waals surface area contributed by atoms with Gasteiger partial charge in [0.25, 0.3) is 0 Å². The molecule has 114 valence electrons. The van der Waals surface area contributed by atoms with Crippen LogP contribution in [0.15, 0.2) is 21.5 Å². The Bertz CT molecular complexity index is 586. The molecule has 0 unspecified atom stereocenters. The van der Waals surface area contributed by atoms with E-state index in [0.717, 1.165) is 10.0 Å². The van der Waals surface area contributed by atoms with Crippen molar-refractivity contribution in [2.75, 3.05) is 12.8 Å². The second kappa shape index (κ2) is 6.79. The Morgan fingerprint density at radius 3 is 2.50 bits per heavy atom. The summed E-state index contributed by atoms with van der Waals surface area (Å²) >= 11 is 5.00. The van der Waals surface area contributed by atoms with E-state index in [1.165, 1.54) is 0 Å². The van der Waals surface area contributed by atoms with Crippen molar-refractivity contribution in [1.29, 1.82) is 0 Å². The van der Waals surface area contributed by atoms with Crippen LogP contribution in [0, 0.1) is 6.92 Å². The summed E-state index contributed by atoms with van der Waals surface area (Å²) < 4.78 is 28.2. The molecule has 0 amide bonds. The summed E-state index contributed by atoms with van der Waals surface area (Å²) in [4.78, 5) is 0.282. The fraction of sp³-hybridized carbons (Fsp3) is 0.538. The summed E-state index contributed by atoms with van der Waals surface area (Å²) in [6.07, 6.45) is 1.96. The van der Waals surface area contributed by atoms with E-state index in [4.69, 9.17) is 5.73 Å².